The van der Waals surface area contributed by atoms with Crippen molar-refractivity contribution >= 4 is 11.9 Å². The standard InChI is InChI=1S/C26H34N2O7/c1-16-22(27-24(35-16)18-12-20(32-2)14-21(13-18)33-3)15-34-19-8-6-7-17(11-19)23(29)28-26(25(30)31)9-4-5-10-26/h12-14,17,19H,4-11,15H2,1-3H3,(H,28,29)(H,30,31). The van der Waals surface area contributed by atoms with Crippen LogP contribution in [0.5, 0.6) is 11.5 Å². The molecule has 9 nitrogen and oxygen atoms in total. The summed E-state index contributed by atoms with van der Waals surface area (Å²) in [6.07, 6.45) is 5.56. The number of carboxylic acid groups (broad SMARTS) is 1. The second-order valence-electron chi connectivity index (χ2n) is 9.50. The van der Waals surface area contributed by atoms with Gasteiger partial charge in [0.1, 0.15) is 28.5 Å². The number of benzene rings is 1. The van der Waals surface area contributed by atoms with Gasteiger partial charge in [-0.05, 0) is 51.2 Å². The highest BCUT2D eigenvalue weighted by Crippen LogP contribution is 2.34. The van der Waals surface area contributed by atoms with Crippen LogP contribution in [0.3, 0.4) is 0 Å². The lowest BCUT2D eigenvalue weighted by Crippen LogP contribution is -2.54. The van der Waals surface area contributed by atoms with Crippen LogP contribution in [-0.4, -0.2) is 47.8 Å². The highest BCUT2D eigenvalue weighted by Gasteiger charge is 2.44. The molecule has 2 atom stereocenters. The predicted molar refractivity (Wildman–Crippen MR) is 127 cm³/mol. The number of rotatable bonds is 9. The Morgan fingerprint density at radius 3 is 2.43 bits per heavy atom. The van der Waals surface area contributed by atoms with Gasteiger partial charge >= 0.3 is 5.97 Å². The molecule has 1 amide bonds. The fourth-order valence-corrected chi connectivity index (χ4v) is 5.06. The first-order valence-corrected chi connectivity index (χ1v) is 12.2. The van der Waals surface area contributed by atoms with Crippen molar-refractivity contribution in [1.29, 1.82) is 0 Å². The van der Waals surface area contributed by atoms with Crippen LogP contribution in [0.1, 0.15) is 62.8 Å². The second kappa shape index (κ2) is 10.7. The van der Waals surface area contributed by atoms with Crippen LogP contribution < -0.4 is 14.8 Å². The summed E-state index contributed by atoms with van der Waals surface area (Å²) in [6.45, 7) is 2.12. The Morgan fingerprint density at radius 1 is 1.11 bits per heavy atom. The number of aliphatic carboxylic acids is 1. The highest BCUT2D eigenvalue weighted by molar-refractivity contribution is 5.88. The first kappa shape index (κ1) is 25.0. The van der Waals surface area contributed by atoms with Crippen LogP contribution in [0.15, 0.2) is 22.6 Å². The number of ether oxygens (including phenoxy) is 3. The third-order valence-corrected chi connectivity index (χ3v) is 7.17. The molecule has 2 unspecified atom stereocenters. The number of aryl methyl sites for hydroxylation is 1. The maximum absolute atomic E-state index is 12.9. The number of carbonyl (C=O) groups excluding carboxylic acids is 1. The Labute approximate surface area is 205 Å². The lowest BCUT2D eigenvalue weighted by molar-refractivity contribution is -0.148. The summed E-state index contributed by atoms with van der Waals surface area (Å²) in [5.41, 5.74) is 0.329. The number of oxazole rings is 1. The van der Waals surface area contributed by atoms with Crippen molar-refractivity contribution in [3.8, 4) is 23.0 Å². The van der Waals surface area contributed by atoms with E-state index >= 15 is 0 Å². The van der Waals surface area contributed by atoms with Crippen molar-refractivity contribution in [2.24, 2.45) is 5.92 Å². The van der Waals surface area contributed by atoms with Crippen molar-refractivity contribution in [2.45, 2.75) is 76.5 Å². The molecular weight excluding hydrogens is 452 g/mol. The van der Waals surface area contributed by atoms with E-state index in [0.717, 1.165) is 37.7 Å². The van der Waals surface area contributed by atoms with Gasteiger partial charge in [0.05, 0.1) is 26.9 Å². The molecule has 1 aromatic carbocycles. The second-order valence-corrected chi connectivity index (χ2v) is 9.50. The summed E-state index contributed by atoms with van der Waals surface area (Å²) in [6, 6.07) is 5.44. The smallest absolute Gasteiger partial charge is 0.329 e. The minimum Gasteiger partial charge on any atom is -0.497 e. The molecule has 0 spiro atoms. The summed E-state index contributed by atoms with van der Waals surface area (Å²) in [4.78, 5) is 29.3. The normalized spacial score (nSPS) is 21.5. The summed E-state index contributed by atoms with van der Waals surface area (Å²) >= 11 is 0. The maximum atomic E-state index is 12.9. The van der Waals surface area contributed by atoms with Crippen molar-refractivity contribution < 1.29 is 33.3 Å². The van der Waals surface area contributed by atoms with E-state index in [-0.39, 0.29) is 24.5 Å². The molecule has 2 aliphatic carbocycles. The topological polar surface area (TPSA) is 120 Å². The number of hydrogen-bond donors (Lipinski definition) is 2. The lowest BCUT2D eigenvalue weighted by Gasteiger charge is -2.32. The quantitative estimate of drug-likeness (QED) is 0.540. The van der Waals surface area contributed by atoms with Gasteiger partial charge in [-0.3, -0.25) is 4.79 Å². The Morgan fingerprint density at radius 2 is 1.80 bits per heavy atom. The molecule has 2 N–H and O–H groups in total. The molecule has 0 radical (unpaired) electrons. The largest absolute Gasteiger partial charge is 0.497 e. The number of amides is 1. The molecule has 2 aromatic rings. The molecule has 35 heavy (non-hydrogen) atoms. The van der Waals surface area contributed by atoms with Gasteiger partial charge in [0.2, 0.25) is 11.8 Å². The minimum atomic E-state index is -1.11. The Kier molecular flexibility index (Phi) is 7.64. The molecule has 0 saturated heterocycles. The van der Waals surface area contributed by atoms with Crippen LogP contribution in [0.4, 0.5) is 0 Å². The lowest BCUT2D eigenvalue weighted by atomic mass is 9.85. The van der Waals surface area contributed by atoms with Gasteiger partial charge < -0.3 is 29.1 Å². The molecule has 1 aromatic heterocycles. The van der Waals surface area contributed by atoms with E-state index in [0.29, 0.717) is 48.1 Å². The SMILES string of the molecule is COc1cc(OC)cc(-c2nc(COC3CCCC(C(=O)NC4(C(=O)O)CCCC4)C3)c(C)o2)c1. The number of nitrogens with one attached hydrogen (secondary N) is 1. The van der Waals surface area contributed by atoms with Gasteiger partial charge in [0.15, 0.2) is 0 Å². The van der Waals surface area contributed by atoms with Crippen LogP contribution in [0.25, 0.3) is 11.5 Å². The summed E-state index contributed by atoms with van der Waals surface area (Å²) in [7, 11) is 3.18. The number of carboxylic acids is 1. The molecule has 2 aliphatic rings. The van der Waals surface area contributed by atoms with Gasteiger partial charge in [-0.1, -0.05) is 19.3 Å². The monoisotopic (exact) mass is 486 g/mol. The fourth-order valence-electron chi connectivity index (χ4n) is 5.06. The van der Waals surface area contributed by atoms with Crippen molar-refractivity contribution in [3.05, 3.63) is 29.7 Å². The summed E-state index contributed by atoms with van der Waals surface area (Å²) in [5, 5.41) is 12.5. The van der Waals surface area contributed by atoms with Crippen LogP contribution in [-0.2, 0) is 20.9 Å². The molecule has 0 bridgehead atoms. The zero-order valence-electron chi connectivity index (χ0n) is 20.6. The van der Waals surface area contributed by atoms with E-state index in [9.17, 15) is 14.7 Å². The minimum absolute atomic E-state index is 0.0969. The van der Waals surface area contributed by atoms with E-state index in [1.54, 1.807) is 20.3 Å². The first-order valence-electron chi connectivity index (χ1n) is 12.2. The van der Waals surface area contributed by atoms with E-state index in [1.165, 1.54) is 0 Å². The first-order chi connectivity index (χ1) is 16.8. The van der Waals surface area contributed by atoms with E-state index in [1.807, 2.05) is 19.1 Å². The number of aromatic nitrogens is 1. The molecule has 2 saturated carbocycles. The summed E-state index contributed by atoms with van der Waals surface area (Å²) < 4.78 is 22.7. The van der Waals surface area contributed by atoms with E-state index < -0.39 is 11.5 Å². The zero-order valence-corrected chi connectivity index (χ0v) is 20.6. The van der Waals surface area contributed by atoms with Crippen molar-refractivity contribution in [3.63, 3.8) is 0 Å². The predicted octanol–water partition coefficient (Wildman–Crippen LogP) is 4.26. The van der Waals surface area contributed by atoms with Gasteiger partial charge in [0, 0.05) is 17.5 Å². The number of nitrogens with zero attached hydrogens (tertiary/aromatic N) is 1. The van der Waals surface area contributed by atoms with Crippen LogP contribution in [0.2, 0.25) is 0 Å². The number of hydrogen-bond acceptors (Lipinski definition) is 7. The number of methoxy groups -OCH3 is 2. The molecule has 190 valence electrons. The highest BCUT2D eigenvalue weighted by atomic mass is 16.5. The fraction of sp³-hybridized carbons (Fsp3) is 0.577. The average Bonchev–Trinajstić information content (AvgIpc) is 3.50. The Bertz CT molecular complexity index is 1040. The van der Waals surface area contributed by atoms with Gasteiger partial charge in [0.25, 0.3) is 0 Å². The van der Waals surface area contributed by atoms with Crippen LogP contribution >= 0.6 is 0 Å². The Balaban J connectivity index is 1.37. The van der Waals surface area contributed by atoms with Crippen molar-refractivity contribution in [1.82, 2.24) is 10.3 Å². The molecule has 9 heteroatoms. The van der Waals surface area contributed by atoms with Gasteiger partial charge in [-0.2, -0.15) is 0 Å². The van der Waals surface area contributed by atoms with E-state index in [2.05, 4.69) is 10.3 Å². The van der Waals surface area contributed by atoms with Gasteiger partial charge in [-0.25, -0.2) is 9.78 Å². The molecule has 4 rings (SSSR count). The zero-order chi connectivity index (χ0) is 25.0. The van der Waals surface area contributed by atoms with Gasteiger partial charge in [-0.15, -0.1) is 0 Å². The molecule has 1 heterocycles. The Hall–Kier alpha value is -3.07. The molecule has 0 aliphatic heterocycles. The third-order valence-electron chi connectivity index (χ3n) is 7.17. The number of carbonyl (C=O) groups is 2. The molecule has 2 fully saturated rings. The third kappa shape index (κ3) is 5.61. The van der Waals surface area contributed by atoms with Crippen LogP contribution in [0, 0.1) is 12.8 Å². The maximum Gasteiger partial charge on any atom is 0.329 e. The van der Waals surface area contributed by atoms with Crippen molar-refractivity contribution in [2.75, 3.05) is 14.2 Å². The summed E-state index contributed by atoms with van der Waals surface area (Å²) in [5.74, 6) is 1.05. The molecular formula is C26H34N2O7. The average molecular weight is 487 g/mol. The van der Waals surface area contributed by atoms with E-state index in [4.69, 9.17) is 18.6 Å².